The first-order valence-corrected chi connectivity index (χ1v) is 9.66. The van der Waals surface area contributed by atoms with Gasteiger partial charge in [0.25, 0.3) is 0 Å². The zero-order chi connectivity index (χ0) is 19.2. The number of benzene rings is 1. The SMILES string of the molecule is O=C(CCn1nnnc1CN1CCOCC1)NCCc1c[nH]c2ccccc12. The van der Waals surface area contributed by atoms with Crippen molar-refractivity contribution in [3.8, 4) is 0 Å². The number of nitrogens with zero attached hydrogens (tertiary/aromatic N) is 5. The summed E-state index contributed by atoms with van der Waals surface area (Å²) in [5.74, 6) is 0.793. The normalized spacial score (nSPS) is 15.1. The van der Waals surface area contributed by atoms with Gasteiger partial charge in [0.2, 0.25) is 5.91 Å². The lowest BCUT2D eigenvalue weighted by atomic mass is 10.1. The molecule has 1 aromatic carbocycles. The van der Waals surface area contributed by atoms with E-state index in [2.05, 4.69) is 42.9 Å². The molecule has 1 aliphatic heterocycles. The van der Waals surface area contributed by atoms with Gasteiger partial charge in [-0.15, -0.1) is 5.10 Å². The van der Waals surface area contributed by atoms with Crippen molar-refractivity contribution in [2.45, 2.75) is 25.9 Å². The summed E-state index contributed by atoms with van der Waals surface area (Å²) >= 11 is 0. The summed E-state index contributed by atoms with van der Waals surface area (Å²) in [7, 11) is 0. The molecule has 0 spiro atoms. The van der Waals surface area contributed by atoms with Crippen molar-refractivity contribution < 1.29 is 9.53 Å². The van der Waals surface area contributed by atoms with E-state index in [0.29, 0.717) is 26.1 Å². The van der Waals surface area contributed by atoms with Crippen molar-refractivity contribution in [1.29, 1.82) is 0 Å². The summed E-state index contributed by atoms with van der Waals surface area (Å²) in [6, 6.07) is 8.18. The maximum Gasteiger partial charge on any atom is 0.221 e. The van der Waals surface area contributed by atoms with Gasteiger partial charge in [-0.1, -0.05) is 18.2 Å². The Bertz CT molecular complexity index is 914. The van der Waals surface area contributed by atoms with E-state index in [1.54, 1.807) is 4.68 Å². The highest BCUT2D eigenvalue weighted by Crippen LogP contribution is 2.17. The van der Waals surface area contributed by atoms with E-state index in [4.69, 9.17) is 4.74 Å². The van der Waals surface area contributed by atoms with Crippen molar-refractivity contribution in [1.82, 2.24) is 35.4 Å². The lowest BCUT2D eigenvalue weighted by Crippen LogP contribution is -2.36. The summed E-state index contributed by atoms with van der Waals surface area (Å²) < 4.78 is 7.08. The van der Waals surface area contributed by atoms with Crippen LogP contribution < -0.4 is 5.32 Å². The van der Waals surface area contributed by atoms with Gasteiger partial charge < -0.3 is 15.0 Å². The summed E-state index contributed by atoms with van der Waals surface area (Å²) in [5, 5.41) is 16.1. The van der Waals surface area contributed by atoms with Crippen LogP contribution in [0.5, 0.6) is 0 Å². The van der Waals surface area contributed by atoms with Crippen LogP contribution in [0.4, 0.5) is 0 Å². The molecule has 9 heteroatoms. The third-order valence-electron chi connectivity index (χ3n) is 5.02. The zero-order valence-electron chi connectivity index (χ0n) is 15.8. The van der Waals surface area contributed by atoms with Crippen molar-refractivity contribution in [3.05, 3.63) is 41.9 Å². The van der Waals surface area contributed by atoms with E-state index in [0.717, 1.165) is 44.1 Å². The van der Waals surface area contributed by atoms with Crippen LogP contribution in [0.15, 0.2) is 30.5 Å². The van der Waals surface area contributed by atoms with Gasteiger partial charge in [0.1, 0.15) is 0 Å². The van der Waals surface area contributed by atoms with Gasteiger partial charge >= 0.3 is 0 Å². The zero-order valence-corrected chi connectivity index (χ0v) is 15.8. The average molecular weight is 383 g/mol. The molecule has 2 N–H and O–H groups in total. The number of H-pyrrole nitrogens is 1. The van der Waals surface area contributed by atoms with E-state index < -0.39 is 0 Å². The maximum absolute atomic E-state index is 12.2. The Hall–Kier alpha value is -2.78. The number of carbonyl (C=O) groups is 1. The minimum absolute atomic E-state index is 0.00710. The molecule has 0 aliphatic carbocycles. The number of aryl methyl sites for hydroxylation is 1. The lowest BCUT2D eigenvalue weighted by Gasteiger charge is -2.25. The van der Waals surface area contributed by atoms with E-state index in [1.807, 2.05) is 18.3 Å². The van der Waals surface area contributed by atoms with Crippen LogP contribution in [0.25, 0.3) is 10.9 Å². The number of carbonyl (C=O) groups excluding carboxylic acids is 1. The molecule has 148 valence electrons. The Morgan fingerprint density at radius 1 is 1.25 bits per heavy atom. The fraction of sp³-hybridized carbons (Fsp3) is 0.474. The van der Waals surface area contributed by atoms with Crippen LogP contribution in [0, 0.1) is 0 Å². The highest BCUT2D eigenvalue weighted by Gasteiger charge is 2.15. The molecule has 28 heavy (non-hydrogen) atoms. The smallest absolute Gasteiger partial charge is 0.221 e. The lowest BCUT2D eigenvalue weighted by molar-refractivity contribution is -0.121. The summed E-state index contributed by atoms with van der Waals surface area (Å²) in [6.07, 6.45) is 3.16. The number of aromatic amines is 1. The first-order chi connectivity index (χ1) is 13.8. The summed E-state index contributed by atoms with van der Waals surface area (Å²) in [6.45, 7) is 4.99. The topological polar surface area (TPSA) is 101 Å². The number of amides is 1. The van der Waals surface area contributed by atoms with Gasteiger partial charge in [0.15, 0.2) is 5.82 Å². The average Bonchev–Trinajstić information content (AvgIpc) is 3.34. The first-order valence-electron chi connectivity index (χ1n) is 9.66. The molecular weight excluding hydrogens is 358 g/mol. The molecule has 1 fully saturated rings. The predicted molar refractivity (Wildman–Crippen MR) is 104 cm³/mol. The van der Waals surface area contributed by atoms with Crippen LogP contribution in [0.1, 0.15) is 17.8 Å². The number of fused-ring (bicyclic) bond motifs is 1. The third-order valence-corrected chi connectivity index (χ3v) is 5.02. The largest absolute Gasteiger partial charge is 0.379 e. The number of para-hydroxylation sites is 1. The molecule has 9 nitrogen and oxygen atoms in total. The van der Waals surface area contributed by atoms with Crippen molar-refractivity contribution in [2.75, 3.05) is 32.8 Å². The maximum atomic E-state index is 12.2. The monoisotopic (exact) mass is 383 g/mol. The molecule has 0 radical (unpaired) electrons. The number of ether oxygens (including phenoxy) is 1. The van der Waals surface area contributed by atoms with E-state index >= 15 is 0 Å². The Morgan fingerprint density at radius 3 is 3.00 bits per heavy atom. The second kappa shape index (κ2) is 8.94. The molecule has 0 bridgehead atoms. The third kappa shape index (κ3) is 4.55. The Morgan fingerprint density at radius 2 is 2.11 bits per heavy atom. The predicted octanol–water partition coefficient (Wildman–Crippen LogP) is 0.736. The molecule has 3 aromatic rings. The molecular formula is C19H25N7O2. The van der Waals surface area contributed by atoms with Crippen LogP contribution >= 0.6 is 0 Å². The van der Waals surface area contributed by atoms with Crippen molar-refractivity contribution in [2.24, 2.45) is 0 Å². The van der Waals surface area contributed by atoms with Crippen molar-refractivity contribution >= 4 is 16.8 Å². The number of tetrazole rings is 1. The Labute approximate surface area is 163 Å². The molecule has 0 unspecified atom stereocenters. The number of rotatable bonds is 8. The fourth-order valence-corrected chi connectivity index (χ4v) is 3.44. The molecule has 3 heterocycles. The first kappa shape index (κ1) is 18.6. The van der Waals surface area contributed by atoms with Crippen LogP contribution in [-0.2, 0) is 29.0 Å². The highest BCUT2D eigenvalue weighted by molar-refractivity contribution is 5.83. The van der Waals surface area contributed by atoms with Gasteiger partial charge in [0.05, 0.1) is 26.3 Å². The Kier molecular flexibility index (Phi) is 5.93. The van der Waals surface area contributed by atoms with Gasteiger partial charge in [-0.25, -0.2) is 4.68 Å². The number of morpholine rings is 1. The molecule has 0 saturated carbocycles. The van der Waals surface area contributed by atoms with Gasteiger partial charge in [-0.05, 0) is 28.5 Å². The second-order valence-electron chi connectivity index (χ2n) is 6.92. The number of aromatic nitrogens is 5. The van der Waals surface area contributed by atoms with Crippen LogP contribution in [-0.4, -0.2) is 68.8 Å². The van der Waals surface area contributed by atoms with E-state index in [1.165, 1.54) is 10.9 Å². The molecule has 1 saturated heterocycles. The minimum Gasteiger partial charge on any atom is -0.379 e. The summed E-state index contributed by atoms with van der Waals surface area (Å²) in [4.78, 5) is 17.7. The van der Waals surface area contributed by atoms with Gasteiger partial charge in [0, 0.05) is 43.2 Å². The standard InChI is InChI=1S/C19H25N7O2/c27-19(20-7-5-15-13-21-17-4-2-1-3-16(15)17)6-8-26-18(22-23-24-26)14-25-9-11-28-12-10-25/h1-4,13,21H,5-12,14H2,(H,20,27). The second-order valence-corrected chi connectivity index (χ2v) is 6.92. The highest BCUT2D eigenvalue weighted by atomic mass is 16.5. The number of hydrogen-bond acceptors (Lipinski definition) is 6. The number of nitrogens with one attached hydrogen (secondary N) is 2. The van der Waals surface area contributed by atoms with Crippen LogP contribution in [0.3, 0.4) is 0 Å². The molecule has 1 aliphatic rings. The van der Waals surface area contributed by atoms with E-state index in [-0.39, 0.29) is 5.91 Å². The molecule has 0 atom stereocenters. The van der Waals surface area contributed by atoms with Crippen molar-refractivity contribution in [3.63, 3.8) is 0 Å². The molecule has 2 aromatic heterocycles. The van der Waals surface area contributed by atoms with Gasteiger partial charge in [-0.3, -0.25) is 9.69 Å². The molecule has 4 rings (SSSR count). The van der Waals surface area contributed by atoms with Crippen LogP contribution in [0.2, 0.25) is 0 Å². The summed E-state index contributed by atoms with van der Waals surface area (Å²) in [5.41, 5.74) is 2.33. The quantitative estimate of drug-likeness (QED) is 0.595. The van der Waals surface area contributed by atoms with Gasteiger partial charge in [-0.2, -0.15) is 0 Å². The molecule has 1 amide bonds. The number of hydrogen-bond donors (Lipinski definition) is 2. The fourth-order valence-electron chi connectivity index (χ4n) is 3.44. The Balaban J connectivity index is 1.22. The minimum atomic E-state index is 0.00710. The van der Waals surface area contributed by atoms with E-state index in [9.17, 15) is 4.79 Å².